The molecule has 0 aliphatic carbocycles. The fraction of sp³-hybridized carbons (Fsp3) is 0.667. The summed E-state index contributed by atoms with van der Waals surface area (Å²) in [5.41, 5.74) is 1.35. The first-order valence-electron chi connectivity index (χ1n) is 7.08. The predicted octanol–water partition coefficient (Wildman–Crippen LogP) is 1.94. The molecule has 1 aliphatic heterocycles. The number of hydrogen-bond donors (Lipinski definition) is 1. The van der Waals surface area contributed by atoms with E-state index in [0.29, 0.717) is 6.04 Å². The molecule has 18 heavy (non-hydrogen) atoms. The van der Waals surface area contributed by atoms with Gasteiger partial charge >= 0.3 is 0 Å². The highest BCUT2D eigenvalue weighted by Crippen LogP contribution is 2.15. The molecule has 1 aromatic heterocycles. The third kappa shape index (κ3) is 4.39. The topological polar surface area (TPSA) is 28.2 Å². The van der Waals surface area contributed by atoms with Crippen LogP contribution >= 0.6 is 0 Å². The van der Waals surface area contributed by atoms with Crippen LogP contribution in [0.5, 0.6) is 0 Å². The van der Waals surface area contributed by atoms with Crippen LogP contribution in [0.25, 0.3) is 0 Å². The van der Waals surface area contributed by atoms with E-state index in [1.807, 2.05) is 18.5 Å². The van der Waals surface area contributed by atoms with Crippen molar-refractivity contribution >= 4 is 0 Å². The zero-order valence-electron chi connectivity index (χ0n) is 11.6. The van der Waals surface area contributed by atoms with Crippen molar-refractivity contribution in [3.05, 3.63) is 30.1 Å². The van der Waals surface area contributed by atoms with E-state index in [9.17, 15) is 0 Å². The first-order valence-corrected chi connectivity index (χ1v) is 7.08. The maximum Gasteiger partial charge on any atom is 0.0300 e. The van der Waals surface area contributed by atoms with Crippen molar-refractivity contribution in [3.63, 3.8) is 0 Å². The number of rotatable bonds is 6. The summed E-state index contributed by atoms with van der Waals surface area (Å²) >= 11 is 0. The van der Waals surface area contributed by atoms with E-state index >= 15 is 0 Å². The second-order valence-electron chi connectivity index (χ2n) is 5.63. The molecule has 100 valence electrons. The Labute approximate surface area is 111 Å². The average molecular weight is 247 g/mol. The number of aromatic nitrogens is 1. The smallest absolute Gasteiger partial charge is 0.0300 e. The van der Waals surface area contributed by atoms with E-state index in [2.05, 4.69) is 35.1 Å². The first-order chi connectivity index (χ1) is 8.74. The van der Waals surface area contributed by atoms with Crippen molar-refractivity contribution in [2.45, 2.75) is 32.7 Å². The van der Waals surface area contributed by atoms with Gasteiger partial charge in [0.05, 0.1) is 0 Å². The Morgan fingerprint density at radius 2 is 2.39 bits per heavy atom. The summed E-state index contributed by atoms with van der Waals surface area (Å²) in [5, 5.41) is 3.55. The van der Waals surface area contributed by atoms with Crippen molar-refractivity contribution in [2.24, 2.45) is 5.92 Å². The summed E-state index contributed by atoms with van der Waals surface area (Å²) < 4.78 is 0. The molecular formula is C15H25N3. The van der Waals surface area contributed by atoms with Gasteiger partial charge in [-0.2, -0.15) is 0 Å². The fourth-order valence-corrected chi connectivity index (χ4v) is 2.52. The van der Waals surface area contributed by atoms with Gasteiger partial charge in [0.2, 0.25) is 0 Å². The fourth-order valence-electron chi connectivity index (χ4n) is 2.52. The summed E-state index contributed by atoms with van der Waals surface area (Å²) in [5.74, 6) is 0.835. The van der Waals surface area contributed by atoms with Gasteiger partial charge in [-0.25, -0.2) is 0 Å². The zero-order valence-corrected chi connectivity index (χ0v) is 11.6. The molecule has 0 radical (unpaired) electrons. The molecule has 1 fully saturated rings. The van der Waals surface area contributed by atoms with E-state index in [-0.39, 0.29) is 0 Å². The van der Waals surface area contributed by atoms with Gasteiger partial charge in [-0.1, -0.05) is 19.9 Å². The standard InChI is InChI=1S/C15H25N3/c1-13(2)17-11-15-6-9-18(12-15)8-5-14-4-3-7-16-10-14/h3-4,7,10,13,15,17H,5-6,8-9,11-12H2,1-2H3. The lowest BCUT2D eigenvalue weighted by atomic mass is 10.1. The second kappa shape index (κ2) is 6.86. The molecule has 2 rings (SSSR count). The molecule has 3 nitrogen and oxygen atoms in total. The molecule has 1 atom stereocenters. The molecule has 1 aliphatic rings. The van der Waals surface area contributed by atoms with Gasteiger partial charge in [0, 0.05) is 31.5 Å². The normalized spacial score (nSPS) is 20.7. The van der Waals surface area contributed by atoms with Crippen LogP contribution in [0.3, 0.4) is 0 Å². The van der Waals surface area contributed by atoms with Gasteiger partial charge in [-0.05, 0) is 43.5 Å². The van der Waals surface area contributed by atoms with Gasteiger partial charge in [-0.15, -0.1) is 0 Å². The van der Waals surface area contributed by atoms with Crippen molar-refractivity contribution in [1.82, 2.24) is 15.2 Å². The maximum atomic E-state index is 4.17. The third-order valence-corrected chi connectivity index (χ3v) is 3.62. The molecule has 0 spiro atoms. The van der Waals surface area contributed by atoms with Gasteiger partial charge < -0.3 is 10.2 Å². The third-order valence-electron chi connectivity index (χ3n) is 3.62. The van der Waals surface area contributed by atoms with Gasteiger partial charge in [0.25, 0.3) is 0 Å². The first kappa shape index (κ1) is 13.5. The van der Waals surface area contributed by atoms with E-state index in [1.165, 1.54) is 38.2 Å². The van der Waals surface area contributed by atoms with Crippen LogP contribution in [0, 0.1) is 5.92 Å². The minimum absolute atomic E-state index is 0.606. The molecule has 0 amide bonds. The number of nitrogens with zero attached hydrogens (tertiary/aromatic N) is 2. The highest BCUT2D eigenvalue weighted by molar-refractivity contribution is 5.08. The van der Waals surface area contributed by atoms with Crippen LogP contribution in [0.1, 0.15) is 25.8 Å². The molecule has 1 unspecified atom stereocenters. The van der Waals surface area contributed by atoms with Crippen molar-refractivity contribution in [3.8, 4) is 0 Å². The summed E-state index contributed by atoms with van der Waals surface area (Å²) in [6.07, 6.45) is 6.28. The minimum Gasteiger partial charge on any atom is -0.314 e. The van der Waals surface area contributed by atoms with E-state index in [0.717, 1.165) is 12.3 Å². The van der Waals surface area contributed by atoms with Crippen molar-refractivity contribution < 1.29 is 0 Å². The largest absolute Gasteiger partial charge is 0.314 e. The van der Waals surface area contributed by atoms with E-state index in [1.54, 1.807) is 0 Å². The number of likely N-dealkylation sites (tertiary alicyclic amines) is 1. The summed E-state index contributed by atoms with van der Waals surface area (Å²) in [4.78, 5) is 6.75. The lowest BCUT2D eigenvalue weighted by Gasteiger charge is -2.17. The molecule has 1 aromatic rings. The number of hydrogen-bond acceptors (Lipinski definition) is 3. The van der Waals surface area contributed by atoms with Crippen LogP contribution in [-0.4, -0.2) is 42.1 Å². The summed E-state index contributed by atoms with van der Waals surface area (Å²) in [7, 11) is 0. The highest BCUT2D eigenvalue weighted by Gasteiger charge is 2.21. The van der Waals surface area contributed by atoms with Gasteiger partial charge in [-0.3, -0.25) is 4.98 Å². The Bertz CT molecular complexity index is 337. The van der Waals surface area contributed by atoms with Crippen molar-refractivity contribution in [1.29, 1.82) is 0 Å². The number of pyridine rings is 1. The monoisotopic (exact) mass is 247 g/mol. The molecule has 0 bridgehead atoms. The number of nitrogens with one attached hydrogen (secondary N) is 1. The zero-order chi connectivity index (χ0) is 12.8. The molecule has 2 heterocycles. The van der Waals surface area contributed by atoms with Crippen LogP contribution in [-0.2, 0) is 6.42 Å². The Morgan fingerprint density at radius 1 is 1.50 bits per heavy atom. The molecule has 3 heteroatoms. The Hall–Kier alpha value is -0.930. The quantitative estimate of drug-likeness (QED) is 0.833. The minimum atomic E-state index is 0.606. The second-order valence-corrected chi connectivity index (χ2v) is 5.63. The molecular weight excluding hydrogens is 222 g/mol. The molecule has 1 saturated heterocycles. The van der Waals surface area contributed by atoms with Crippen molar-refractivity contribution in [2.75, 3.05) is 26.2 Å². The Kier molecular flexibility index (Phi) is 5.14. The SMILES string of the molecule is CC(C)NCC1CCN(CCc2cccnc2)C1. The Balaban J connectivity index is 1.67. The molecule has 0 aromatic carbocycles. The van der Waals surface area contributed by atoms with Gasteiger partial charge in [0.15, 0.2) is 0 Å². The Morgan fingerprint density at radius 3 is 3.11 bits per heavy atom. The average Bonchev–Trinajstić information content (AvgIpc) is 2.83. The lowest BCUT2D eigenvalue weighted by molar-refractivity contribution is 0.324. The van der Waals surface area contributed by atoms with E-state index < -0.39 is 0 Å². The molecule has 0 saturated carbocycles. The maximum absolute atomic E-state index is 4.17. The molecule has 1 N–H and O–H groups in total. The van der Waals surface area contributed by atoms with Crippen LogP contribution < -0.4 is 5.32 Å². The van der Waals surface area contributed by atoms with E-state index in [4.69, 9.17) is 0 Å². The predicted molar refractivity (Wildman–Crippen MR) is 75.6 cm³/mol. The van der Waals surface area contributed by atoms with Gasteiger partial charge in [0.1, 0.15) is 0 Å². The summed E-state index contributed by atoms with van der Waals surface area (Å²) in [6.45, 7) is 9.28. The summed E-state index contributed by atoms with van der Waals surface area (Å²) in [6, 6.07) is 4.80. The van der Waals surface area contributed by atoms with Crippen LogP contribution in [0.4, 0.5) is 0 Å². The highest BCUT2D eigenvalue weighted by atomic mass is 15.1. The van der Waals surface area contributed by atoms with Crippen LogP contribution in [0.2, 0.25) is 0 Å². The lowest BCUT2D eigenvalue weighted by Crippen LogP contribution is -2.31. The van der Waals surface area contributed by atoms with Crippen LogP contribution in [0.15, 0.2) is 24.5 Å².